The van der Waals surface area contributed by atoms with E-state index in [1.54, 1.807) is 0 Å². The maximum atomic E-state index is 6.10. The van der Waals surface area contributed by atoms with Crippen molar-refractivity contribution in [3.8, 4) is 0 Å². The molecule has 0 saturated carbocycles. The van der Waals surface area contributed by atoms with Crippen molar-refractivity contribution < 1.29 is 4.74 Å². The SMILES string of the molecule is CC1C(N)CCCN1c1n[nH]c(C2CCCO2)n1. The van der Waals surface area contributed by atoms with Crippen LogP contribution in [0.15, 0.2) is 0 Å². The standard InChI is InChI=1S/C12H21N5O/c1-8-9(13)4-2-6-17(8)12-14-11(15-16-12)10-5-3-7-18-10/h8-10H,2-7,13H2,1H3,(H,14,15,16). The van der Waals surface area contributed by atoms with E-state index in [1.807, 2.05) is 0 Å². The van der Waals surface area contributed by atoms with E-state index in [0.717, 1.165) is 50.6 Å². The van der Waals surface area contributed by atoms with Crippen molar-refractivity contribution in [2.75, 3.05) is 18.1 Å². The first-order chi connectivity index (χ1) is 8.75. The number of piperidine rings is 1. The number of rotatable bonds is 2. The molecule has 6 nitrogen and oxygen atoms in total. The van der Waals surface area contributed by atoms with E-state index in [4.69, 9.17) is 10.5 Å². The summed E-state index contributed by atoms with van der Waals surface area (Å²) in [5.41, 5.74) is 6.10. The molecular formula is C12H21N5O. The monoisotopic (exact) mass is 251 g/mol. The van der Waals surface area contributed by atoms with Crippen LogP contribution in [-0.4, -0.2) is 40.4 Å². The summed E-state index contributed by atoms with van der Waals surface area (Å²) in [5.74, 6) is 1.62. The summed E-state index contributed by atoms with van der Waals surface area (Å²) in [4.78, 5) is 6.78. The van der Waals surface area contributed by atoms with E-state index in [1.165, 1.54) is 0 Å². The van der Waals surface area contributed by atoms with Crippen LogP contribution in [0.3, 0.4) is 0 Å². The van der Waals surface area contributed by atoms with Gasteiger partial charge in [0, 0.05) is 25.2 Å². The fraction of sp³-hybridized carbons (Fsp3) is 0.833. The number of H-pyrrole nitrogens is 1. The largest absolute Gasteiger partial charge is 0.370 e. The van der Waals surface area contributed by atoms with Crippen LogP contribution in [0.1, 0.15) is 44.5 Å². The van der Waals surface area contributed by atoms with Gasteiger partial charge in [0.05, 0.1) is 0 Å². The third-order valence-electron chi connectivity index (χ3n) is 4.03. The van der Waals surface area contributed by atoms with Crippen molar-refractivity contribution >= 4 is 5.95 Å². The Balaban J connectivity index is 1.75. The first kappa shape index (κ1) is 11.9. The normalized spacial score (nSPS) is 33.0. The first-order valence-electron chi connectivity index (χ1n) is 6.82. The van der Waals surface area contributed by atoms with E-state index >= 15 is 0 Å². The minimum atomic E-state index is 0.0972. The second-order valence-electron chi connectivity index (χ2n) is 5.26. The average Bonchev–Trinajstić information content (AvgIpc) is 3.01. The predicted octanol–water partition coefficient (Wildman–Crippen LogP) is 0.972. The molecule has 2 aliphatic heterocycles. The summed E-state index contributed by atoms with van der Waals surface area (Å²) in [7, 11) is 0. The molecule has 2 fully saturated rings. The molecule has 3 heterocycles. The number of nitrogens with two attached hydrogens (primary N) is 1. The van der Waals surface area contributed by atoms with E-state index in [9.17, 15) is 0 Å². The molecule has 2 saturated heterocycles. The van der Waals surface area contributed by atoms with E-state index in [0.29, 0.717) is 6.04 Å². The Morgan fingerprint density at radius 3 is 3.06 bits per heavy atom. The lowest BCUT2D eigenvalue weighted by Gasteiger charge is -2.36. The number of anilines is 1. The number of hydrogen-bond acceptors (Lipinski definition) is 5. The Hall–Kier alpha value is -1.14. The zero-order chi connectivity index (χ0) is 12.5. The van der Waals surface area contributed by atoms with Gasteiger partial charge in [-0.3, -0.25) is 5.10 Å². The van der Waals surface area contributed by atoms with Crippen LogP contribution in [0.25, 0.3) is 0 Å². The van der Waals surface area contributed by atoms with Crippen molar-refractivity contribution in [1.29, 1.82) is 0 Å². The number of ether oxygens (including phenoxy) is 1. The van der Waals surface area contributed by atoms with Crippen LogP contribution >= 0.6 is 0 Å². The van der Waals surface area contributed by atoms with Gasteiger partial charge in [-0.05, 0) is 32.6 Å². The van der Waals surface area contributed by atoms with Gasteiger partial charge in [0.25, 0.3) is 0 Å². The first-order valence-corrected chi connectivity index (χ1v) is 6.82. The van der Waals surface area contributed by atoms with Crippen LogP contribution < -0.4 is 10.6 Å². The molecule has 0 aromatic carbocycles. The fourth-order valence-electron chi connectivity index (χ4n) is 2.79. The van der Waals surface area contributed by atoms with Crippen LogP contribution in [-0.2, 0) is 4.74 Å². The van der Waals surface area contributed by atoms with Crippen LogP contribution in [0.4, 0.5) is 5.95 Å². The van der Waals surface area contributed by atoms with E-state index < -0.39 is 0 Å². The lowest BCUT2D eigenvalue weighted by atomic mass is 9.99. The molecule has 1 aromatic rings. The molecule has 0 amide bonds. The minimum absolute atomic E-state index is 0.0972. The van der Waals surface area contributed by atoms with E-state index in [-0.39, 0.29) is 12.1 Å². The number of nitrogens with one attached hydrogen (secondary N) is 1. The average molecular weight is 251 g/mol. The van der Waals surface area contributed by atoms with Crippen LogP contribution in [0.5, 0.6) is 0 Å². The summed E-state index contributed by atoms with van der Waals surface area (Å²) in [5, 5.41) is 7.34. The van der Waals surface area contributed by atoms with Crippen LogP contribution in [0.2, 0.25) is 0 Å². The quantitative estimate of drug-likeness (QED) is 0.818. The molecule has 100 valence electrons. The summed E-state index contributed by atoms with van der Waals surface area (Å²) in [6, 6.07) is 0.510. The molecule has 3 unspecified atom stereocenters. The Bertz CT molecular complexity index is 401. The van der Waals surface area contributed by atoms with Gasteiger partial charge < -0.3 is 15.4 Å². The summed E-state index contributed by atoms with van der Waals surface area (Å²) < 4.78 is 5.61. The topological polar surface area (TPSA) is 80.1 Å². The van der Waals surface area contributed by atoms with Gasteiger partial charge in [0.2, 0.25) is 5.95 Å². The Kier molecular flexibility index (Phi) is 3.22. The maximum absolute atomic E-state index is 6.10. The Morgan fingerprint density at radius 1 is 1.39 bits per heavy atom. The van der Waals surface area contributed by atoms with Gasteiger partial charge in [-0.25, -0.2) is 0 Å². The van der Waals surface area contributed by atoms with Crippen molar-refractivity contribution in [2.45, 2.75) is 50.8 Å². The summed E-state index contributed by atoms with van der Waals surface area (Å²) in [6.45, 7) is 3.95. The highest BCUT2D eigenvalue weighted by Crippen LogP contribution is 2.28. The lowest BCUT2D eigenvalue weighted by molar-refractivity contribution is 0.105. The van der Waals surface area contributed by atoms with Gasteiger partial charge in [-0.1, -0.05) is 0 Å². The molecule has 3 N–H and O–H groups in total. The summed E-state index contributed by atoms with van der Waals surface area (Å²) >= 11 is 0. The number of aromatic amines is 1. The maximum Gasteiger partial charge on any atom is 0.245 e. The fourth-order valence-corrected chi connectivity index (χ4v) is 2.79. The molecule has 0 aliphatic carbocycles. The zero-order valence-corrected chi connectivity index (χ0v) is 10.8. The third-order valence-corrected chi connectivity index (χ3v) is 4.03. The van der Waals surface area contributed by atoms with Gasteiger partial charge in [0.1, 0.15) is 6.10 Å². The molecular weight excluding hydrogens is 230 g/mol. The van der Waals surface area contributed by atoms with Crippen molar-refractivity contribution in [3.63, 3.8) is 0 Å². The molecule has 3 atom stereocenters. The molecule has 0 bridgehead atoms. The Labute approximate surface area is 107 Å². The molecule has 2 aliphatic rings. The molecule has 0 radical (unpaired) electrons. The smallest absolute Gasteiger partial charge is 0.245 e. The van der Waals surface area contributed by atoms with E-state index in [2.05, 4.69) is 27.0 Å². The van der Waals surface area contributed by atoms with Crippen LogP contribution in [0, 0.1) is 0 Å². The number of hydrogen-bond donors (Lipinski definition) is 2. The zero-order valence-electron chi connectivity index (χ0n) is 10.8. The second-order valence-corrected chi connectivity index (χ2v) is 5.26. The predicted molar refractivity (Wildman–Crippen MR) is 68.3 cm³/mol. The van der Waals surface area contributed by atoms with Gasteiger partial charge in [-0.15, -0.1) is 5.10 Å². The number of nitrogens with zero attached hydrogens (tertiary/aromatic N) is 3. The molecule has 18 heavy (non-hydrogen) atoms. The minimum Gasteiger partial charge on any atom is -0.370 e. The lowest BCUT2D eigenvalue weighted by Crippen LogP contribution is -2.51. The number of aromatic nitrogens is 3. The molecule has 3 rings (SSSR count). The van der Waals surface area contributed by atoms with Gasteiger partial charge >= 0.3 is 0 Å². The van der Waals surface area contributed by atoms with Gasteiger partial charge in [-0.2, -0.15) is 4.98 Å². The molecule has 0 spiro atoms. The Morgan fingerprint density at radius 2 is 2.28 bits per heavy atom. The highest BCUT2D eigenvalue weighted by atomic mass is 16.5. The highest BCUT2D eigenvalue weighted by Gasteiger charge is 2.29. The summed E-state index contributed by atoms with van der Waals surface area (Å²) in [6.07, 6.45) is 4.42. The van der Waals surface area contributed by atoms with Gasteiger partial charge in [0.15, 0.2) is 5.82 Å². The highest BCUT2D eigenvalue weighted by molar-refractivity contribution is 5.32. The molecule has 6 heteroatoms. The third kappa shape index (κ3) is 2.10. The second kappa shape index (κ2) is 4.85. The van der Waals surface area contributed by atoms with Crippen molar-refractivity contribution in [3.05, 3.63) is 5.82 Å². The molecule has 1 aromatic heterocycles. The van der Waals surface area contributed by atoms with Crippen molar-refractivity contribution in [2.24, 2.45) is 5.73 Å². The van der Waals surface area contributed by atoms with Crippen molar-refractivity contribution in [1.82, 2.24) is 15.2 Å².